The summed E-state index contributed by atoms with van der Waals surface area (Å²) in [5.74, 6) is 0. The van der Waals surface area contributed by atoms with E-state index in [2.05, 4.69) is 10.2 Å². The van der Waals surface area contributed by atoms with Gasteiger partial charge in [0.15, 0.2) is 0 Å². The maximum Gasteiger partial charge on any atom is 0.271 e. The van der Waals surface area contributed by atoms with Crippen LogP contribution in [0.25, 0.3) is 21.6 Å². The third-order valence-corrected chi connectivity index (χ3v) is 4.12. The van der Waals surface area contributed by atoms with E-state index in [1.165, 1.54) is 11.3 Å². The number of benzene rings is 1. The van der Waals surface area contributed by atoms with Crippen molar-refractivity contribution in [2.75, 3.05) is 0 Å². The highest BCUT2D eigenvalue weighted by Gasteiger charge is 2.18. The van der Waals surface area contributed by atoms with Gasteiger partial charge in [0, 0.05) is 15.5 Å². The highest BCUT2D eigenvalue weighted by molar-refractivity contribution is 7.13. The van der Waals surface area contributed by atoms with Crippen molar-refractivity contribution in [1.82, 2.24) is 10.2 Å². The number of rotatable bonds is 2. The Bertz CT molecular complexity index is 865. The van der Waals surface area contributed by atoms with Crippen molar-refractivity contribution < 1.29 is 0 Å². The minimum absolute atomic E-state index is 0.293. The molecule has 20 heavy (non-hydrogen) atoms. The normalized spacial score (nSPS) is 10.7. The molecular formula is C14H9ClN2O2S. The van der Waals surface area contributed by atoms with Gasteiger partial charge >= 0.3 is 0 Å². The summed E-state index contributed by atoms with van der Waals surface area (Å²) in [5, 5.41) is 6.99. The van der Waals surface area contributed by atoms with E-state index in [4.69, 9.17) is 11.6 Å². The van der Waals surface area contributed by atoms with Crippen LogP contribution in [0.2, 0.25) is 5.02 Å². The lowest BCUT2D eigenvalue weighted by molar-refractivity contribution is 0.959. The summed E-state index contributed by atoms with van der Waals surface area (Å²) in [4.78, 5) is 25.0. The monoisotopic (exact) mass is 304 g/mol. The first-order valence-electron chi connectivity index (χ1n) is 5.82. The Labute approximate surface area is 122 Å². The number of aromatic amines is 2. The van der Waals surface area contributed by atoms with Crippen LogP contribution in [0.4, 0.5) is 0 Å². The van der Waals surface area contributed by atoms with Crippen molar-refractivity contribution in [3.63, 3.8) is 0 Å². The SMILES string of the molecule is O=c1[nH][nH]c(=O)c(-c2ccccc2Cl)c1-c1cccs1. The number of hydrogen-bond donors (Lipinski definition) is 2. The molecule has 3 rings (SSSR count). The molecule has 0 saturated carbocycles. The van der Waals surface area contributed by atoms with Crippen LogP contribution in [0.3, 0.4) is 0 Å². The van der Waals surface area contributed by atoms with Gasteiger partial charge in [0.2, 0.25) is 0 Å². The molecule has 0 radical (unpaired) electrons. The summed E-state index contributed by atoms with van der Waals surface area (Å²) >= 11 is 7.55. The Hall–Kier alpha value is -2.11. The van der Waals surface area contributed by atoms with Crippen LogP contribution in [0.15, 0.2) is 51.4 Å². The fourth-order valence-corrected chi connectivity index (χ4v) is 3.05. The molecule has 0 fully saturated rings. The van der Waals surface area contributed by atoms with E-state index in [0.717, 1.165) is 4.88 Å². The number of aromatic nitrogens is 2. The van der Waals surface area contributed by atoms with Gasteiger partial charge < -0.3 is 0 Å². The van der Waals surface area contributed by atoms with Gasteiger partial charge in [-0.25, -0.2) is 0 Å². The van der Waals surface area contributed by atoms with Crippen LogP contribution >= 0.6 is 22.9 Å². The predicted molar refractivity (Wildman–Crippen MR) is 81.4 cm³/mol. The summed E-state index contributed by atoms with van der Waals surface area (Å²) in [7, 11) is 0. The summed E-state index contributed by atoms with van der Waals surface area (Å²) in [5.41, 5.74) is 0.464. The first-order chi connectivity index (χ1) is 9.68. The minimum atomic E-state index is -0.374. The van der Waals surface area contributed by atoms with Crippen LogP contribution in [0.5, 0.6) is 0 Å². The molecule has 1 aromatic carbocycles. The molecule has 0 aliphatic rings. The average molecular weight is 305 g/mol. The van der Waals surface area contributed by atoms with Gasteiger partial charge in [-0.2, -0.15) is 0 Å². The zero-order valence-corrected chi connectivity index (χ0v) is 11.7. The van der Waals surface area contributed by atoms with E-state index in [1.54, 1.807) is 30.3 Å². The first-order valence-corrected chi connectivity index (χ1v) is 7.08. The molecule has 4 nitrogen and oxygen atoms in total. The zero-order chi connectivity index (χ0) is 14.1. The molecule has 2 aromatic heterocycles. The lowest BCUT2D eigenvalue weighted by Crippen LogP contribution is -2.22. The first kappa shape index (κ1) is 12.9. The summed E-state index contributed by atoms with van der Waals surface area (Å²) in [6.07, 6.45) is 0. The average Bonchev–Trinajstić information content (AvgIpc) is 2.96. The molecule has 0 amide bonds. The molecule has 0 saturated heterocycles. The van der Waals surface area contributed by atoms with Crippen LogP contribution in [0, 0.1) is 0 Å². The molecule has 0 aliphatic heterocycles. The van der Waals surface area contributed by atoms with Crippen molar-refractivity contribution in [2.24, 2.45) is 0 Å². The summed E-state index contributed by atoms with van der Waals surface area (Å²) in [6, 6.07) is 10.6. The highest BCUT2D eigenvalue weighted by Crippen LogP contribution is 2.32. The van der Waals surface area contributed by atoms with Crippen molar-refractivity contribution in [1.29, 1.82) is 0 Å². The van der Waals surface area contributed by atoms with E-state index < -0.39 is 0 Å². The van der Waals surface area contributed by atoms with Crippen LogP contribution in [-0.4, -0.2) is 10.2 Å². The third-order valence-electron chi connectivity index (χ3n) is 2.90. The molecule has 2 N–H and O–H groups in total. The molecule has 2 heterocycles. The quantitative estimate of drug-likeness (QED) is 0.764. The predicted octanol–water partition coefficient (Wildman–Crippen LogP) is 3.11. The Kier molecular flexibility index (Phi) is 3.30. The Morgan fingerprint density at radius 1 is 0.900 bits per heavy atom. The van der Waals surface area contributed by atoms with Gasteiger partial charge in [-0.15, -0.1) is 11.3 Å². The Morgan fingerprint density at radius 2 is 1.60 bits per heavy atom. The third kappa shape index (κ3) is 2.11. The van der Waals surface area contributed by atoms with E-state index in [1.807, 2.05) is 11.4 Å². The number of halogens is 1. The van der Waals surface area contributed by atoms with Gasteiger partial charge in [-0.05, 0) is 17.5 Å². The molecule has 6 heteroatoms. The molecular weight excluding hydrogens is 296 g/mol. The van der Waals surface area contributed by atoms with Crippen LogP contribution in [0.1, 0.15) is 0 Å². The maximum atomic E-state index is 12.2. The number of thiophene rings is 1. The van der Waals surface area contributed by atoms with E-state index >= 15 is 0 Å². The summed E-state index contributed by atoms with van der Waals surface area (Å²) in [6.45, 7) is 0. The maximum absolute atomic E-state index is 12.2. The minimum Gasteiger partial charge on any atom is -0.267 e. The molecule has 0 aliphatic carbocycles. The molecule has 0 unspecified atom stereocenters. The van der Waals surface area contributed by atoms with Gasteiger partial charge in [0.05, 0.1) is 11.1 Å². The van der Waals surface area contributed by atoms with Gasteiger partial charge in [-0.3, -0.25) is 19.8 Å². The summed E-state index contributed by atoms with van der Waals surface area (Å²) < 4.78 is 0. The topological polar surface area (TPSA) is 65.7 Å². The molecule has 0 spiro atoms. The largest absolute Gasteiger partial charge is 0.271 e. The van der Waals surface area contributed by atoms with Crippen LogP contribution in [-0.2, 0) is 0 Å². The second-order valence-corrected chi connectivity index (χ2v) is 5.47. The second kappa shape index (κ2) is 5.11. The van der Waals surface area contributed by atoms with Crippen LogP contribution < -0.4 is 11.1 Å². The highest BCUT2D eigenvalue weighted by atomic mass is 35.5. The Morgan fingerprint density at radius 3 is 2.25 bits per heavy atom. The van der Waals surface area contributed by atoms with Crippen molar-refractivity contribution in [3.05, 3.63) is 67.5 Å². The molecule has 0 bridgehead atoms. The van der Waals surface area contributed by atoms with E-state index in [-0.39, 0.29) is 11.1 Å². The Balaban J connectivity index is 2.42. The fourth-order valence-electron chi connectivity index (χ4n) is 2.04. The fraction of sp³-hybridized carbons (Fsp3) is 0. The van der Waals surface area contributed by atoms with Crippen molar-refractivity contribution >= 4 is 22.9 Å². The lowest BCUT2D eigenvalue weighted by Gasteiger charge is -2.07. The van der Waals surface area contributed by atoms with Crippen molar-refractivity contribution in [3.8, 4) is 21.6 Å². The standard InChI is InChI=1S/C14H9ClN2O2S/c15-9-5-2-1-4-8(9)11-12(10-6-3-7-20-10)14(19)17-16-13(11)18/h1-7H,(H,16,18)(H,17,19). The van der Waals surface area contributed by atoms with Gasteiger partial charge in [-0.1, -0.05) is 35.9 Å². The molecule has 0 atom stereocenters. The van der Waals surface area contributed by atoms with E-state index in [9.17, 15) is 9.59 Å². The smallest absolute Gasteiger partial charge is 0.267 e. The second-order valence-electron chi connectivity index (χ2n) is 4.12. The molecule has 100 valence electrons. The lowest BCUT2D eigenvalue weighted by atomic mass is 10.0. The molecule has 3 aromatic rings. The van der Waals surface area contributed by atoms with Gasteiger partial charge in [0.25, 0.3) is 11.1 Å². The van der Waals surface area contributed by atoms with Crippen molar-refractivity contribution in [2.45, 2.75) is 0 Å². The van der Waals surface area contributed by atoms with E-state index in [0.29, 0.717) is 21.7 Å². The number of hydrogen-bond acceptors (Lipinski definition) is 3. The number of H-pyrrole nitrogens is 2. The zero-order valence-electron chi connectivity index (χ0n) is 10.1. The van der Waals surface area contributed by atoms with Gasteiger partial charge in [0.1, 0.15) is 0 Å². The number of nitrogens with one attached hydrogen (secondary N) is 2.